The Kier molecular flexibility index (Phi) is 6.22. The number of hydrogen-bond donors (Lipinski definition) is 0. The van der Waals surface area contributed by atoms with Crippen molar-refractivity contribution in [2.75, 3.05) is 32.2 Å². The molecule has 33 heavy (non-hydrogen) atoms. The Balaban J connectivity index is 1.78. The van der Waals surface area contributed by atoms with Crippen molar-refractivity contribution in [3.05, 3.63) is 74.4 Å². The topological polar surface area (TPSA) is 82.1 Å². The Morgan fingerprint density at radius 2 is 1.64 bits per heavy atom. The molecule has 0 radical (unpaired) electrons. The molecule has 0 saturated heterocycles. The molecule has 4 aromatic rings. The van der Waals surface area contributed by atoms with Crippen LogP contribution in [0.25, 0.3) is 34.1 Å². The van der Waals surface area contributed by atoms with Crippen LogP contribution < -0.4 is 25.6 Å². The Labute approximate surface area is 190 Å². The first-order chi connectivity index (χ1) is 16.0. The Bertz CT molecular complexity index is 1460. The molecule has 0 amide bonds. The molecule has 0 aliphatic carbocycles. The second-order valence-corrected chi connectivity index (χ2v) is 7.42. The van der Waals surface area contributed by atoms with Gasteiger partial charge in [-0.2, -0.15) is 0 Å². The molecule has 0 fully saturated rings. The number of rotatable bonds is 7. The zero-order chi connectivity index (χ0) is 23.5. The monoisotopic (exact) mass is 447 g/mol. The molecule has 0 aliphatic rings. The van der Waals surface area contributed by atoms with Crippen LogP contribution >= 0.6 is 0 Å². The predicted molar refractivity (Wildman–Crippen MR) is 131 cm³/mol. The van der Waals surface area contributed by atoms with E-state index in [0.717, 1.165) is 24.2 Å². The van der Waals surface area contributed by atoms with E-state index >= 15 is 0 Å². The molecule has 2 heterocycles. The van der Waals surface area contributed by atoms with Crippen molar-refractivity contribution in [1.82, 2.24) is 0 Å². The highest BCUT2D eigenvalue weighted by Gasteiger charge is 2.14. The van der Waals surface area contributed by atoms with Crippen LogP contribution in [-0.4, -0.2) is 27.3 Å². The fourth-order valence-electron chi connectivity index (χ4n) is 3.90. The molecule has 0 bridgehead atoms. The van der Waals surface area contributed by atoms with Gasteiger partial charge in [-0.1, -0.05) is 6.08 Å². The largest absolute Gasteiger partial charge is 0.493 e. The average molecular weight is 447 g/mol. The summed E-state index contributed by atoms with van der Waals surface area (Å²) in [6.45, 7) is 5.89. The van der Waals surface area contributed by atoms with Crippen molar-refractivity contribution >= 4 is 39.8 Å². The maximum atomic E-state index is 12.6. The number of anilines is 1. The second kappa shape index (κ2) is 9.24. The molecule has 0 unspecified atom stereocenters. The van der Waals surface area contributed by atoms with Crippen LogP contribution in [0.2, 0.25) is 0 Å². The molecular weight excluding hydrogens is 422 g/mol. The SMILES string of the molecule is CCN(CC)c1ccc2cc(/C=C/c3cc(=O)oc4c(OC)c(OC)ccc34)c(=O)oc2c1. The standard InChI is InChI=1S/C26H25NO6/c1-5-27(6-2)19-10-9-17-13-18(26(29)32-22(17)15-19)8-7-16-14-23(28)33-24-20(16)11-12-21(30-3)25(24)31-4/h7-15H,5-6H2,1-4H3/b8-7+. The number of ether oxygens (including phenoxy) is 2. The molecule has 170 valence electrons. The third kappa shape index (κ3) is 4.22. The van der Waals surface area contributed by atoms with Crippen molar-refractivity contribution in [3.8, 4) is 11.5 Å². The van der Waals surface area contributed by atoms with E-state index in [9.17, 15) is 9.59 Å². The average Bonchev–Trinajstić information content (AvgIpc) is 2.82. The molecule has 0 saturated carbocycles. The van der Waals surface area contributed by atoms with Gasteiger partial charge in [0, 0.05) is 41.7 Å². The molecule has 0 aliphatic heterocycles. The zero-order valence-electron chi connectivity index (χ0n) is 19.0. The van der Waals surface area contributed by atoms with Crippen LogP contribution in [0.1, 0.15) is 25.0 Å². The lowest BCUT2D eigenvalue weighted by atomic mass is 10.1. The predicted octanol–water partition coefficient (Wildman–Crippen LogP) is 4.93. The van der Waals surface area contributed by atoms with Crippen LogP contribution in [-0.2, 0) is 0 Å². The fraction of sp³-hybridized carbons (Fsp3) is 0.231. The van der Waals surface area contributed by atoms with Crippen molar-refractivity contribution < 1.29 is 18.3 Å². The summed E-state index contributed by atoms with van der Waals surface area (Å²) < 4.78 is 21.6. The Hall–Kier alpha value is -4.00. The van der Waals surface area contributed by atoms with E-state index in [-0.39, 0.29) is 5.58 Å². The van der Waals surface area contributed by atoms with Gasteiger partial charge in [0.05, 0.1) is 19.8 Å². The van der Waals surface area contributed by atoms with E-state index in [2.05, 4.69) is 18.7 Å². The van der Waals surface area contributed by atoms with Gasteiger partial charge >= 0.3 is 11.3 Å². The van der Waals surface area contributed by atoms with Crippen LogP contribution in [0.5, 0.6) is 11.5 Å². The highest BCUT2D eigenvalue weighted by molar-refractivity contribution is 5.94. The lowest BCUT2D eigenvalue weighted by molar-refractivity contribution is 0.352. The summed E-state index contributed by atoms with van der Waals surface area (Å²) in [5, 5.41) is 1.46. The minimum atomic E-state index is -0.539. The third-order valence-corrected chi connectivity index (χ3v) is 5.60. The molecule has 0 N–H and O–H groups in total. The van der Waals surface area contributed by atoms with E-state index in [1.165, 1.54) is 20.3 Å². The summed E-state index contributed by atoms with van der Waals surface area (Å²) in [4.78, 5) is 27.0. The number of fused-ring (bicyclic) bond motifs is 2. The molecule has 2 aromatic carbocycles. The Morgan fingerprint density at radius 1 is 0.879 bits per heavy atom. The summed E-state index contributed by atoms with van der Waals surface area (Å²) in [6, 6.07) is 12.5. The molecule has 7 nitrogen and oxygen atoms in total. The van der Waals surface area contributed by atoms with Crippen LogP contribution in [0, 0.1) is 0 Å². The highest BCUT2D eigenvalue weighted by atomic mass is 16.5. The highest BCUT2D eigenvalue weighted by Crippen LogP contribution is 2.36. The van der Waals surface area contributed by atoms with Crippen molar-refractivity contribution in [1.29, 1.82) is 0 Å². The maximum absolute atomic E-state index is 12.6. The van der Waals surface area contributed by atoms with Gasteiger partial charge < -0.3 is 23.2 Å². The first-order valence-electron chi connectivity index (χ1n) is 10.7. The van der Waals surface area contributed by atoms with E-state index in [0.29, 0.717) is 33.6 Å². The van der Waals surface area contributed by atoms with E-state index in [4.69, 9.17) is 18.3 Å². The Morgan fingerprint density at radius 3 is 2.33 bits per heavy atom. The van der Waals surface area contributed by atoms with Gasteiger partial charge in [0.25, 0.3) is 0 Å². The van der Waals surface area contributed by atoms with Gasteiger partial charge in [0.15, 0.2) is 11.3 Å². The fourth-order valence-corrected chi connectivity index (χ4v) is 3.90. The van der Waals surface area contributed by atoms with Gasteiger partial charge in [-0.05, 0) is 55.8 Å². The minimum absolute atomic E-state index is 0.276. The molecule has 0 atom stereocenters. The van der Waals surface area contributed by atoms with Crippen LogP contribution in [0.3, 0.4) is 0 Å². The summed E-state index contributed by atoms with van der Waals surface area (Å²) in [5.41, 5.74) is 1.78. The second-order valence-electron chi connectivity index (χ2n) is 7.42. The van der Waals surface area contributed by atoms with Crippen LogP contribution in [0.4, 0.5) is 5.69 Å². The lowest BCUT2D eigenvalue weighted by Crippen LogP contribution is -2.21. The summed E-state index contributed by atoms with van der Waals surface area (Å²) in [7, 11) is 2.99. The summed E-state index contributed by atoms with van der Waals surface area (Å²) >= 11 is 0. The first-order valence-corrected chi connectivity index (χ1v) is 10.7. The van der Waals surface area contributed by atoms with Gasteiger partial charge in [-0.15, -0.1) is 0 Å². The smallest absolute Gasteiger partial charge is 0.343 e. The molecule has 7 heteroatoms. The number of nitrogens with zero attached hydrogens (tertiary/aromatic N) is 1. The number of hydrogen-bond acceptors (Lipinski definition) is 7. The number of methoxy groups -OCH3 is 2. The van der Waals surface area contributed by atoms with Gasteiger partial charge in [-0.25, -0.2) is 9.59 Å². The quantitative estimate of drug-likeness (QED) is 0.371. The van der Waals surface area contributed by atoms with Gasteiger partial charge in [0.1, 0.15) is 5.58 Å². The normalized spacial score (nSPS) is 11.4. The van der Waals surface area contributed by atoms with E-state index in [1.54, 1.807) is 30.4 Å². The maximum Gasteiger partial charge on any atom is 0.343 e. The lowest BCUT2D eigenvalue weighted by Gasteiger charge is -2.20. The zero-order valence-corrected chi connectivity index (χ0v) is 19.0. The molecule has 2 aromatic heterocycles. The molecule has 4 rings (SSSR count). The molecule has 0 spiro atoms. The molecular formula is C26H25NO6. The minimum Gasteiger partial charge on any atom is -0.493 e. The summed E-state index contributed by atoms with van der Waals surface area (Å²) in [5.74, 6) is 0.783. The third-order valence-electron chi connectivity index (χ3n) is 5.60. The van der Waals surface area contributed by atoms with Crippen molar-refractivity contribution in [2.45, 2.75) is 13.8 Å². The summed E-state index contributed by atoms with van der Waals surface area (Å²) in [6.07, 6.45) is 3.32. The van der Waals surface area contributed by atoms with Crippen LogP contribution in [0.15, 0.2) is 60.9 Å². The van der Waals surface area contributed by atoms with Crippen molar-refractivity contribution in [3.63, 3.8) is 0 Å². The van der Waals surface area contributed by atoms with E-state index in [1.807, 2.05) is 18.2 Å². The first kappa shape index (κ1) is 22.2. The number of benzene rings is 2. The van der Waals surface area contributed by atoms with E-state index < -0.39 is 11.3 Å². The van der Waals surface area contributed by atoms with Crippen molar-refractivity contribution in [2.24, 2.45) is 0 Å². The van der Waals surface area contributed by atoms with Gasteiger partial charge in [0.2, 0.25) is 5.75 Å². The van der Waals surface area contributed by atoms with Gasteiger partial charge in [-0.3, -0.25) is 0 Å².